The van der Waals surface area contributed by atoms with Gasteiger partial charge in [-0.1, -0.05) is 29.8 Å². The van der Waals surface area contributed by atoms with Crippen molar-refractivity contribution in [3.05, 3.63) is 71.8 Å². The number of rotatable bonds is 7. The van der Waals surface area contributed by atoms with Crippen molar-refractivity contribution in [1.29, 1.82) is 0 Å². The summed E-state index contributed by atoms with van der Waals surface area (Å²) in [5.74, 6) is 0.624. The SMILES string of the molecule is C=CCN(Cc1cc(C)ccc1C)S(=O)(=O)c1ccc(OC)cc1. The van der Waals surface area contributed by atoms with Crippen molar-refractivity contribution in [2.45, 2.75) is 25.3 Å². The van der Waals surface area contributed by atoms with Crippen LogP contribution in [0.1, 0.15) is 16.7 Å². The maximum Gasteiger partial charge on any atom is 0.243 e. The van der Waals surface area contributed by atoms with Crippen LogP contribution in [0.5, 0.6) is 5.75 Å². The van der Waals surface area contributed by atoms with Crippen molar-refractivity contribution in [3.63, 3.8) is 0 Å². The van der Waals surface area contributed by atoms with Gasteiger partial charge in [0.2, 0.25) is 10.0 Å². The molecule has 0 fully saturated rings. The maximum atomic E-state index is 13.0. The molecule has 0 atom stereocenters. The molecule has 24 heavy (non-hydrogen) atoms. The molecule has 4 nitrogen and oxygen atoms in total. The van der Waals surface area contributed by atoms with Gasteiger partial charge in [-0.15, -0.1) is 6.58 Å². The lowest BCUT2D eigenvalue weighted by molar-refractivity contribution is 0.414. The number of methoxy groups -OCH3 is 1. The Balaban J connectivity index is 2.37. The van der Waals surface area contributed by atoms with Gasteiger partial charge < -0.3 is 4.74 Å². The molecule has 2 rings (SSSR count). The maximum absolute atomic E-state index is 13.0. The van der Waals surface area contributed by atoms with E-state index in [-0.39, 0.29) is 11.4 Å². The molecule has 0 N–H and O–H groups in total. The second kappa shape index (κ2) is 7.64. The van der Waals surface area contributed by atoms with Crippen LogP contribution < -0.4 is 4.74 Å². The third kappa shape index (κ3) is 4.04. The van der Waals surface area contributed by atoms with Gasteiger partial charge >= 0.3 is 0 Å². The lowest BCUT2D eigenvalue weighted by Crippen LogP contribution is -2.31. The quantitative estimate of drug-likeness (QED) is 0.719. The van der Waals surface area contributed by atoms with E-state index in [1.54, 1.807) is 37.5 Å². The van der Waals surface area contributed by atoms with E-state index >= 15 is 0 Å². The van der Waals surface area contributed by atoms with E-state index in [9.17, 15) is 8.42 Å². The number of nitrogens with zero attached hydrogens (tertiary/aromatic N) is 1. The fraction of sp³-hybridized carbons (Fsp3) is 0.263. The summed E-state index contributed by atoms with van der Waals surface area (Å²) in [6, 6.07) is 12.5. The van der Waals surface area contributed by atoms with Crippen LogP contribution in [0.3, 0.4) is 0 Å². The molecule has 0 aliphatic rings. The van der Waals surface area contributed by atoms with Crippen molar-refractivity contribution in [1.82, 2.24) is 4.31 Å². The Morgan fingerprint density at radius 3 is 2.38 bits per heavy atom. The first-order valence-electron chi connectivity index (χ1n) is 7.69. The molecule has 0 aliphatic carbocycles. The molecule has 0 unspecified atom stereocenters. The van der Waals surface area contributed by atoms with Gasteiger partial charge in [0, 0.05) is 13.1 Å². The Labute approximate surface area is 144 Å². The predicted molar refractivity (Wildman–Crippen MR) is 96.7 cm³/mol. The third-order valence-electron chi connectivity index (χ3n) is 3.88. The molecule has 0 saturated heterocycles. The summed E-state index contributed by atoms with van der Waals surface area (Å²) in [6.07, 6.45) is 1.60. The largest absolute Gasteiger partial charge is 0.497 e. The van der Waals surface area contributed by atoms with Gasteiger partial charge in [-0.3, -0.25) is 0 Å². The minimum Gasteiger partial charge on any atom is -0.497 e. The summed E-state index contributed by atoms with van der Waals surface area (Å²) >= 11 is 0. The number of benzene rings is 2. The second-order valence-corrected chi connectivity index (χ2v) is 7.63. The standard InChI is InChI=1S/C19H23NO3S/c1-5-12-20(14-17-13-15(2)6-7-16(17)3)24(21,22)19-10-8-18(23-4)9-11-19/h5-11,13H,1,12,14H2,2-4H3. The molecule has 0 radical (unpaired) electrons. The zero-order valence-corrected chi connectivity index (χ0v) is 15.1. The van der Waals surface area contributed by atoms with Gasteiger partial charge in [0.1, 0.15) is 5.75 Å². The monoisotopic (exact) mass is 345 g/mol. The molecule has 2 aromatic carbocycles. The van der Waals surface area contributed by atoms with E-state index in [0.29, 0.717) is 12.3 Å². The van der Waals surface area contributed by atoms with E-state index in [1.165, 1.54) is 4.31 Å². The Morgan fingerprint density at radius 2 is 1.79 bits per heavy atom. The van der Waals surface area contributed by atoms with Crippen molar-refractivity contribution >= 4 is 10.0 Å². The number of aryl methyl sites for hydroxylation is 2. The zero-order valence-electron chi connectivity index (χ0n) is 14.3. The summed E-state index contributed by atoms with van der Waals surface area (Å²) in [6.45, 7) is 8.24. The van der Waals surface area contributed by atoms with Crippen LogP contribution in [0.2, 0.25) is 0 Å². The van der Waals surface area contributed by atoms with E-state index in [1.807, 2.05) is 32.0 Å². The van der Waals surface area contributed by atoms with Crippen LogP contribution in [0.4, 0.5) is 0 Å². The lowest BCUT2D eigenvalue weighted by Gasteiger charge is -2.22. The summed E-state index contributed by atoms with van der Waals surface area (Å²) in [5.41, 5.74) is 3.17. The first kappa shape index (κ1) is 18.2. The van der Waals surface area contributed by atoms with Crippen LogP contribution in [0.15, 0.2) is 60.0 Å². The molecule has 5 heteroatoms. The van der Waals surface area contributed by atoms with Crippen molar-refractivity contribution < 1.29 is 13.2 Å². The van der Waals surface area contributed by atoms with Crippen LogP contribution in [-0.2, 0) is 16.6 Å². The average Bonchev–Trinajstić information content (AvgIpc) is 2.57. The van der Waals surface area contributed by atoms with Gasteiger partial charge in [-0.05, 0) is 49.2 Å². The van der Waals surface area contributed by atoms with Crippen molar-refractivity contribution in [2.24, 2.45) is 0 Å². The summed E-state index contributed by atoms with van der Waals surface area (Å²) in [5, 5.41) is 0. The normalized spacial score (nSPS) is 11.5. The molecule has 0 heterocycles. The number of ether oxygens (including phenoxy) is 1. The number of sulfonamides is 1. The van der Waals surface area contributed by atoms with Crippen molar-refractivity contribution in [2.75, 3.05) is 13.7 Å². The Bertz CT molecular complexity index is 811. The molecular formula is C19H23NO3S. The van der Waals surface area contributed by atoms with Gasteiger partial charge in [-0.25, -0.2) is 8.42 Å². The highest BCUT2D eigenvalue weighted by molar-refractivity contribution is 7.89. The van der Waals surface area contributed by atoms with Crippen LogP contribution >= 0.6 is 0 Å². The van der Waals surface area contributed by atoms with Crippen LogP contribution in [0.25, 0.3) is 0 Å². The molecule has 0 bridgehead atoms. The lowest BCUT2D eigenvalue weighted by atomic mass is 10.1. The third-order valence-corrected chi connectivity index (χ3v) is 5.71. The fourth-order valence-electron chi connectivity index (χ4n) is 2.45. The molecule has 0 spiro atoms. The Morgan fingerprint density at radius 1 is 1.12 bits per heavy atom. The molecule has 0 aromatic heterocycles. The van der Waals surface area contributed by atoms with E-state index < -0.39 is 10.0 Å². The molecule has 0 aliphatic heterocycles. The molecule has 2 aromatic rings. The zero-order chi connectivity index (χ0) is 17.7. The smallest absolute Gasteiger partial charge is 0.243 e. The predicted octanol–water partition coefficient (Wildman–Crippen LogP) is 3.69. The highest BCUT2D eigenvalue weighted by Gasteiger charge is 2.24. The first-order chi connectivity index (χ1) is 11.4. The van der Waals surface area contributed by atoms with Crippen LogP contribution in [-0.4, -0.2) is 26.4 Å². The highest BCUT2D eigenvalue weighted by atomic mass is 32.2. The Kier molecular flexibility index (Phi) is 5.80. The van der Waals surface area contributed by atoms with E-state index in [2.05, 4.69) is 6.58 Å². The van der Waals surface area contributed by atoms with Crippen LogP contribution in [0, 0.1) is 13.8 Å². The minimum atomic E-state index is -3.61. The summed E-state index contributed by atoms with van der Waals surface area (Å²) < 4.78 is 32.4. The van der Waals surface area contributed by atoms with Gasteiger partial charge in [0.25, 0.3) is 0 Å². The molecule has 0 saturated carbocycles. The molecular weight excluding hydrogens is 322 g/mol. The molecule has 0 amide bonds. The fourth-order valence-corrected chi connectivity index (χ4v) is 3.84. The van der Waals surface area contributed by atoms with E-state index in [4.69, 9.17) is 4.74 Å². The first-order valence-corrected chi connectivity index (χ1v) is 9.13. The Hall–Kier alpha value is -2.11. The van der Waals surface area contributed by atoms with Gasteiger partial charge in [0.05, 0.1) is 12.0 Å². The van der Waals surface area contributed by atoms with Gasteiger partial charge in [-0.2, -0.15) is 4.31 Å². The summed E-state index contributed by atoms with van der Waals surface area (Å²) in [7, 11) is -2.06. The van der Waals surface area contributed by atoms with Gasteiger partial charge in [0.15, 0.2) is 0 Å². The number of hydrogen-bond donors (Lipinski definition) is 0. The topological polar surface area (TPSA) is 46.6 Å². The van der Waals surface area contributed by atoms with Crippen molar-refractivity contribution in [3.8, 4) is 5.75 Å². The number of hydrogen-bond acceptors (Lipinski definition) is 3. The second-order valence-electron chi connectivity index (χ2n) is 5.69. The minimum absolute atomic E-state index is 0.246. The average molecular weight is 345 g/mol. The molecule has 128 valence electrons. The highest BCUT2D eigenvalue weighted by Crippen LogP contribution is 2.22. The van der Waals surface area contributed by atoms with E-state index in [0.717, 1.165) is 16.7 Å². The summed E-state index contributed by atoms with van der Waals surface area (Å²) in [4.78, 5) is 0.246.